The number of nitrogens with zero attached hydrogens (tertiary/aromatic N) is 3. The average molecular weight is 322 g/mol. The van der Waals surface area contributed by atoms with Crippen LogP contribution in [0.5, 0.6) is 0 Å². The monoisotopic (exact) mass is 322 g/mol. The van der Waals surface area contributed by atoms with Gasteiger partial charge in [0.05, 0.1) is 6.04 Å². The van der Waals surface area contributed by atoms with Crippen molar-refractivity contribution in [1.29, 1.82) is 0 Å². The van der Waals surface area contributed by atoms with Crippen LogP contribution in [-0.4, -0.2) is 60.0 Å². The zero-order valence-corrected chi connectivity index (χ0v) is 14.3. The molecule has 122 valence electrons. The Morgan fingerprint density at radius 1 is 1.41 bits per heavy atom. The fraction of sp³-hybridized carbons (Fsp3) is 0.625. The number of pyridine rings is 1. The lowest BCUT2D eigenvalue weighted by atomic mass is 10.2. The number of thioether (sulfide) groups is 1. The molecule has 1 fully saturated rings. The number of aryl methyl sites for hydroxylation is 1. The molecule has 0 bridgehead atoms. The van der Waals surface area contributed by atoms with Crippen LogP contribution >= 0.6 is 11.8 Å². The Morgan fingerprint density at radius 3 is 2.95 bits per heavy atom. The second-order valence-electron chi connectivity index (χ2n) is 5.71. The molecule has 0 aliphatic carbocycles. The molecule has 1 aromatic rings. The van der Waals surface area contributed by atoms with Crippen LogP contribution < -0.4 is 10.6 Å². The third-order valence-electron chi connectivity index (χ3n) is 4.00. The van der Waals surface area contributed by atoms with Gasteiger partial charge < -0.3 is 15.5 Å². The normalized spacial score (nSPS) is 17.2. The van der Waals surface area contributed by atoms with Crippen LogP contribution in [0, 0.1) is 6.92 Å². The Hall–Kier alpha value is -1.27. The van der Waals surface area contributed by atoms with Gasteiger partial charge in [-0.1, -0.05) is 0 Å². The fourth-order valence-corrected chi connectivity index (χ4v) is 3.22. The number of hydrogen-bond donors (Lipinski definition) is 1. The Kier molecular flexibility index (Phi) is 6.51. The number of rotatable bonds is 5. The highest BCUT2D eigenvalue weighted by Crippen LogP contribution is 2.17. The van der Waals surface area contributed by atoms with Gasteiger partial charge in [-0.2, -0.15) is 11.8 Å². The van der Waals surface area contributed by atoms with Crippen LogP contribution in [0.2, 0.25) is 0 Å². The quantitative estimate of drug-likeness (QED) is 0.890. The SMILES string of the molecule is CSCC[C@H](N)C(=O)N1CCCN(c2ccnc(C)c2)CC1. The van der Waals surface area contributed by atoms with Crippen molar-refractivity contribution in [3.63, 3.8) is 0 Å². The van der Waals surface area contributed by atoms with E-state index in [0.29, 0.717) is 0 Å². The minimum atomic E-state index is -0.359. The average Bonchev–Trinajstić information content (AvgIpc) is 2.78. The zero-order valence-electron chi connectivity index (χ0n) is 13.5. The number of carbonyl (C=O) groups is 1. The van der Waals surface area contributed by atoms with Crippen molar-refractivity contribution in [3.05, 3.63) is 24.0 Å². The van der Waals surface area contributed by atoms with Crippen molar-refractivity contribution in [3.8, 4) is 0 Å². The topological polar surface area (TPSA) is 62.5 Å². The zero-order chi connectivity index (χ0) is 15.9. The molecule has 1 aromatic heterocycles. The van der Waals surface area contributed by atoms with Gasteiger partial charge in [-0.3, -0.25) is 9.78 Å². The summed E-state index contributed by atoms with van der Waals surface area (Å²) in [5, 5.41) is 0. The number of amides is 1. The van der Waals surface area contributed by atoms with Crippen LogP contribution in [0.1, 0.15) is 18.5 Å². The first-order chi connectivity index (χ1) is 10.6. The van der Waals surface area contributed by atoms with Crippen molar-refractivity contribution >= 4 is 23.4 Å². The van der Waals surface area contributed by atoms with E-state index < -0.39 is 0 Å². The van der Waals surface area contributed by atoms with Crippen molar-refractivity contribution < 1.29 is 4.79 Å². The van der Waals surface area contributed by atoms with E-state index in [1.54, 1.807) is 11.8 Å². The lowest BCUT2D eigenvalue weighted by Crippen LogP contribution is -2.45. The van der Waals surface area contributed by atoms with Crippen LogP contribution in [0.15, 0.2) is 18.3 Å². The summed E-state index contributed by atoms with van der Waals surface area (Å²) >= 11 is 1.73. The molecule has 6 heteroatoms. The molecule has 0 unspecified atom stereocenters. The van der Waals surface area contributed by atoms with Crippen molar-refractivity contribution in [1.82, 2.24) is 9.88 Å². The Morgan fingerprint density at radius 2 is 2.23 bits per heavy atom. The minimum absolute atomic E-state index is 0.0989. The summed E-state index contributed by atoms with van der Waals surface area (Å²) in [5.74, 6) is 1.03. The van der Waals surface area contributed by atoms with Crippen LogP contribution in [0.3, 0.4) is 0 Å². The van der Waals surface area contributed by atoms with Crippen LogP contribution in [0.25, 0.3) is 0 Å². The predicted octanol–water partition coefficient (Wildman–Crippen LogP) is 1.51. The molecule has 5 nitrogen and oxygen atoms in total. The van der Waals surface area contributed by atoms with E-state index in [-0.39, 0.29) is 11.9 Å². The predicted molar refractivity (Wildman–Crippen MR) is 93.4 cm³/mol. The maximum atomic E-state index is 12.4. The summed E-state index contributed by atoms with van der Waals surface area (Å²) < 4.78 is 0. The third-order valence-corrected chi connectivity index (χ3v) is 4.65. The fourth-order valence-electron chi connectivity index (χ4n) is 2.73. The number of nitrogens with two attached hydrogens (primary N) is 1. The molecule has 0 aromatic carbocycles. The molecule has 2 N–H and O–H groups in total. The van der Waals surface area contributed by atoms with Gasteiger partial charge in [0.1, 0.15) is 0 Å². The molecule has 1 saturated heterocycles. The molecule has 1 amide bonds. The second-order valence-corrected chi connectivity index (χ2v) is 6.69. The largest absolute Gasteiger partial charge is 0.370 e. The van der Waals surface area contributed by atoms with E-state index in [9.17, 15) is 4.79 Å². The van der Waals surface area contributed by atoms with E-state index in [2.05, 4.69) is 16.0 Å². The van der Waals surface area contributed by atoms with Gasteiger partial charge in [-0.05, 0) is 43.9 Å². The summed E-state index contributed by atoms with van der Waals surface area (Å²) in [6, 6.07) is 3.78. The summed E-state index contributed by atoms with van der Waals surface area (Å²) in [6.45, 7) is 5.36. The molecule has 2 rings (SSSR count). The lowest BCUT2D eigenvalue weighted by Gasteiger charge is -2.25. The molecule has 1 aliphatic heterocycles. The Bertz CT molecular complexity index is 497. The molecular formula is C16H26N4OS. The highest BCUT2D eigenvalue weighted by atomic mass is 32.2. The van der Waals surface area contributed by atoms with Gasteiger partial charge in [0.2, 0.25) is 5.91 Å². The maximum absolute atomic E-state index is 12.4. The summed E-state index contributed by atoms with van der Waals surface area (Å²) in [4.78, 5) is 20.9. The van der Waals surface area contributed by atoms with Gasteiger partial charge in [0.15, 0.2) is 0 Å². The van der Waals surface area contributed by atoms with Gasteiger partial charge >= 0.3 is 0 Å². The van der Waals surface area contributed by atoms with E-state index in [1.807, 2.05) is 30.3 Å². The lowest BCUT2D eigenvalue weighted by molar-refractivity contribution is -0.132. The number of anilines is 1. The standard InChI is InChI=1S/C16H26N4OS/c1-13-12-14(4-6-18-13)19-7-3-8-20(10-9-19)16(21)15(17)5-11-22-2/h4,6,12,15H,3,5,7-11,17H2,1-2H3/t15-/m0/s1. The van der Waals surface area contributed by atoms with Crippen LogP contribution in [0.4, 0.5) is 5.69 Å². The maximum Gasteiger partial charge on any atom is 0.239 e. The van der Waals surface area contributed by atoms with Crippen LogP contribution in [-0.2, 0) is 4.79 Å². The van der Waals surface area contributed by atoms with E-state index >= 15 is 0 Å². The number of carbonyl (C=O) groups excluding carboxylic acids is 1. The molecule has 2 heterocycles. The van der Waals surface area contributed by atoms with Crippen molar-refractivity contribution in [2.24, 2.45) is 5.73 Å². The van der Waals surface area contributed by atoms with Crippen molar-refractivity contribution in [2.45, 2.75) is 25.8 Å². The summed E-state index contributed by atoms with van der Waals surface area (Å²) in [6.07, 6.45) is 5.61. The van der Waals surface area contributed by atoms with Gasteiger partial charge in [0.25, 0.3) is 0 Å². The molecule has 22 heavy (non-hydrogen) atoms. The number of aromatic nitrogens is 1. The highest BCUT2D eigenvalue weighted by molar-refractivity contribution is 7.98. The number of hydrogen-bond acceptors (Lipinski definition) is 5. The van der Waals surface area contributed by atoms with E-state index in [1.165, 1.54) is 5.69 Å². The first-order valence-electron chi connectivity index (χ1n) is 7.82. The highest BCUT2D eigenvalue weighted by Gasteiger charge is 2.23. The summed E-state index contributed by atoms with van der Waals surface area (Å²) in [5.41, 5.74) is 8.23. The first kappa shape index (κ1) is 17.1. The molecule has 0 saturated carbocycles. The minimum Gasteiger partial charge on any atom is -0.370 e. The third kappa shape index (κ3) is 4.61. The summed E-state index contributed by atoms with van der Waals surface area (Å²) in [7, 11) is 0. The molecule has 0 spiro atoms. The second kappa shape index (κ2) is 8.39. The Balaban J connectivity index is 1.93. The van der Waals surface area contributed by atoms with Gasteiger partial charge in [-0.25, -0.2) is 0 Å². The Labute approximate surface area is 137 Å². The molecule has 0 radical (unpaired) electrons. The van der Waals surface area contributed by atoms with Gasteiger partial charge in [-0.15, -0.1) is 0 Å². The van der Waals surface area contributed by atoms with E-state index in [4.69, 9.17) is 5.73 Å². The molecular weight excluding hydrogens is 296 g/mol. The van der Waals surface area contributed by atoms with Gasteiger partial charge in [0, 0.05) is 43.8 Å². The van der Waals surface area contributed by atoms with Crippen molar-refractivity contribution in [2.75, 3.05) is 43.1 Å². The molecule has 1 atom stereocenters. The molecule has 1 aliphatic rings. The van der Waals surface area contributed by atoms with E-state index in [0.717, 1.165) is 50.5 Å². The smallest absolute Gasteiger partial charge is 0.239 e. The first-order valence-corrected chi connectivity index (χ1v) is 9.22.